The number of likely N-dealkylation sites (tertiary alicyclic amines) is 1. The highest BCUT2D eigenvalue weighted by atomic mass is 16.5. The Kier molecular flexibility index (Phi) is 5.89. The van der Waals surface area contributed by atoms with Crippen LogP contribution in [0.3, 0.4) is 0 Å². The average molecular weight is 400 g/mol. The number of ketones is 1. The van der Waals surface area contributed by atoms with Crippen LogP contribution in [0.4, 0.5) is 0 Å². The van der Waals surface area contributed by atoms with E-state index in [2.05, 4.69) is 4.98 Å². The van der Waals surface area contributed by atoms with E-state index in [1.165, 1.54) is 0 Å². The Morgan fingerprint density at radius 3 is 2.23 bits per heavy atom. The Morgan fingerprint density at radius 1 is 0.900 bits per heavy atom. The number of aromatic nitrogens is 1. The maximum Gasteiger partial charge on any atom is 0.254 e. The summed E-state index contributed by atoms with van der Waals surface area (Å²) in [6.07, 6.45) is 3.28. The van der Waals surface area contributed by atoms with E-state index in [4.69, 9.17) is 4.74 Å². The van der Waals surface area contributed by atoms with Gasteiger partial charge in [-0.1, -0.05) is 48.5 Å². The second-order valence-corrected chi connectivity index (χ2v) is 7.49. The van der Waals surface area contributed by atoms with Gasteiger partial charge in [0.05, 0.1) is 11.8 Å². The lowest BCUT2D eigenvalue weighted by molar-refractivity contribution is 0.0592. The van der Waals surface area contributed by atoms with Crippen LogP contribution < -0.4 is 4.74 Å². The van der Waals surface area contributed by atoms with Crippen LogP contribution in [-0.4, -0.2) is 40.8 Å². The Labute approximate surface area is 176 Å². The predicted octanol–water partition coefficient (Wildman–Crippen LogP) is 4.30. The van der Waals surface area contributed by atoms with E-state index in [9.17, 15) is 9.59 Å². The van der Waals surface area contributed by atoms with Crippen molar-refractivity contribution in [3.8, 4) is 5.75 Å². The van der Waals surface area contributed by atoms with Crippen molar-refractivity contribution in [2.75, 3.05) is 13.1 Å². The molecule has 2 aromatic carbocycles. The first-order valence-corrected chi connectivity index (χ1v) is 10.2. The molecule has 5 nitrogen and oxygen atoms in total. The number of hydrogen-bond acceptors (Lipinski definition) is 4. The largest absolute Gasteiger partial charge is 0.489 e. The number of hydrogen-bond donors (Lipinski definition) is 0. The molecule has 30 heavy (non-hydrogen) atoms. The van der Waals surface area contributed by atoms with Crippen LogP contribution in [0.1, 0.15) is 44.8 Å². The molecule has 0 aliphatic carbocycles. The molecule has 0 radical (unpaired) electrons. The maximum absolute atomic E-state index is 13.2. The molecule has 0 unspecified atom stereocenters. The lowest BCUT2D eigenvalue weighted by atomic mass is 9.97. The molecule has 5 heteroatoms. The Hall–Kier alpha value is -3.47. The SMILES string of the molecule is Cc1ccc(OC2CCN(C(=O)c3ccccc3C(=O)c3ccccc3)CC2)cn1. The number of aryl methyl sites for hydroxylation is 1. The van der Waals surface area contributed by atoms with Crippen molar-refractivity contribution in [3.63, 3.8) is 0 Å². The van der Waals surface area contributed by atoms with Gasteiger partial charge in [0.15, 0.2) is 5.78 Å². The second kappa shape index (κ2) is 8.91. The van der Waals surface area contributed by atoms with Crippen molar-refractivity contribution in [1.82, 2.24) is 9.88 Å². The lowest BCUT2D eigenvalue weighted by Crippen LogP contribution is -2.42. The first-order chi connectivity index (χ1) is 14.6. The first kappa shape index (κ1) is 19.8. The minimum absolute atomic E-state index is 0.0553. The number of nitrogens with zero attached hydrogens (tertiary/aromatic N) is 2. The molecule has 0 atom stereocenters. The molecule has 1 amide bonds. The number of carbonyl (C=O) groups excluding carboxylic acids is 2. The topological polar surface area (TPSA) is 59.5 Å². The summed E-state index contributed by atoms with van der Waals surface area (Å²) < 4.78 is 6.01. The van der Waals surface area contributed by atoms with E-state index in [0.29, 0.717) is 29.8 Å². The molecule has 2 heterocycles. The summed E-state index contributed by atoms with van der Waals surface area (Å²) in [6, 6.07) is 20.0. The van der Waals surface area contributed by atoms with Crippen molar-refractivity contribution in [3.05, 3.63) is 95.3 Å². The molecule has 1 saturated heterocycles. The molecule has 0 bridgehead atoms. The van der Waals surface area contributed by atoms with Crippen LogP contribution in [0.25, 0.3) is 0 Å². The van der Waals surface area contributed by atoms with Gasteiger partial charge in [0, 0.05) is 42.8 Å². The predicted molar refractivity (Wildman–Crippen MR) is 115 cm³/mol. The van der Waals surface area contributed by atoms with Crippen molar-refractivity contribution in [2.45, 2.75) is 25.9 Å². The fourth-order valence-corrected chi connectivity index (χ4v) is 3.68. The maximum atomic E-state index is 13.2. The van der Waals surface area contributed by atoms with Crippen LogP contribution >= 0.6 is 0 Å². The van der Waals surface area contributed by atoms with Crippen LogP contribution in [-0.2, 0) is 0 Å². The molecular formula is C25H24N2O3. The first-order valence-electron chi connectivity index (χ1n) is 10.2. The van der Waals surface area contributed by atoms with E-state index >= 15 is 0 Å². The van der Waals surface area contributed by atoms with Gasteiger partial charge < -0.3 is 9.64 Å². The van der Waals surface area contributed by atoms with Crippen LogP contribution in [0, 0.1) is 6.92 Å². The minimum atomic E-state index is -0.135. The lowest BCUT2D eigenvalue weighted by Gasteiger charge is -2.32. The van der Waals surface area contributed by atoms with Crippen molar-refractivity contribution >= 4 is 11.7 Å². The van der Waals surface area contributed by atoms with Gasteiger partial charge in [-0.25, -0.2) is 0 Å². The van der Waals surface area contributed by atoms with Crippen molar-refractivity contribution < 1.29 is 14.3 Å². The quantitative estimate of drug-likeness (QED) is 0.599. The van der Waals surface area contributed by atoms with Crippen molar-refractivity contribution in [2.24, 2.45) is 0 Å². The summed E-state index contributed by atoms with van der Waals surface area (Å²) >= 11 is 0. The summed E-state index contributed by atoms with van der Waals surface area (Å²) in [4.78, 5) is 32.2. The van der Waals surface area contributed by atoms with Gasteiger partial charge >= 0.3 is 0 Å². The third-order valence-electron chi connectivity index (χ3n) is 5.35. The van der Waals surface area contributed by atoms with Gasteiger partial charge in [0.1, 0.15) is 11.9 Å². The average Bonchev–Trinajstić information content (AvgIpc) is 2.81. The molecule has 1 fully saturated rings. The smallest absolute Gasteiger partial charge is 0.254 e. The zero-order valence-corrected chi connectivity index (χ0v) is 17.0. The molecule has 152 valence electrons. The summed E-state index contributed by atoms with van der Waals surface area (Å²) in [7, 11) is 0. The number of piperidine rings is 1. The second-order valence-electron chi connectivity index (χ2n) is 7.49. The summed E-state index contributed by atoms with van der Waals surface area (Å²) in [6.45, 7) is 3.13. The Bertz CT molecular complexity index is 1020. The molecule has 1 aromatic heterocycles. The van der Waals surface area contributed by atoms with Gasteiger partial charge in [-0.15, -0.1) is 0 Å². The highest BCUT2D eigenvalue weighted by Crippen LogP contribution is 2.22. The van der Waals surface area contributed by atoms with E-state index < -0.39 is 0 Å². The Balaban J connectivity index is 1.43. The molecule has 0 saturated carbocycles. The summed E-state index contributed by atoms with van der Waals surface area (Å²) in [5.41, 5.74) is 2.43. The highest BCUT2D eigenvalue weighted by molar-refractivity contribution is 6.15. The zero-order chi connectivity index (χ0) is 20.9. The molecule has 1 aliphatic rings. The van der Waals surface area contributed by atoms with E-state index in [0.717, 1.165) is 24.3 Å². The third-order valence-corrected chi connectivity index (χ3v) is 5.35. The fourth-order valence-electron chi connectivity index (χ4n) is 3.68. The number of benzene rings is 2. The molecule has 0 spiro atoms. The van der Waals surface area contributed by atoms with Gasteiger partial charge in [0.25, 0.3) is 5.91 Å². The van der Waals surface area contributed by atoms with Crippen LogP contribution in [0.5, 0.6) is 5.75 Å². The van der Waals surface area contributed by atoms with Gasteiger partial charge in [-0.3, -0.25) is 14.6 Å². The van der Waals surface area contributed by atoms with Crippen LogP contribution in [0.15, 0.2) is 72.9 Å². The normalized spacial score (nSPS) is 14.4. The Morgan fingerprint density at radius 2 is 1.57 bits per heavy atom. The van der Waals surface area contributed by atoms with Gasteiger partial charge in [0.2, 0.25) is 0 Å². The molecule has 0 N–H and O–H groups in total. The summed E-state index contributed by atoms with van der Waals surface area (Å²) in [5, 5.41) is 0. The molecular weight excluding hydrogens is 376 g/mol. The monoisotopic (exact) mass is 400 g/mol. The molecule has 4 rings (SSSR count). The third kappa shape index (κ3) is 4.40. The van der Waals surface area contributed by atoms with E-state index in [1.54, 1.807) is 42.6 Å². The molecule has 3 aromatic rings. The minimum Gasteiger partial charge on any atom is -0.489 e. The number of pyridine rings is 1. The molecule has 1 aliphatic heterocycles. The summed E-state index contributed by atoms with van der Waals surface area (Å²) in [5.74, 6) is 0.513. The highest BCUT2D eigenvalue weighted by Gasteiger charge is 2.27. The van der Waals surface area contributed by atoms with Crippen molar-refractivity contribution in [1.29, 1.82) is 0 Å². The van der Waals surface area contributed by atoms with Gasteiger partial charge in [-0.05, 0) is 25.1 Å². The van der Waals surface area contributed by atoms with Gasteiger partial charge in [-0.2, -0.15) is 0 Å². The number of amides is 1. The van der Waals surface area contributed by atoms with Crippen LogP contribution in [0.2, 0.25) is 0 Å². The number of ether oxygens (including phenoxy) is 1. The number of carbonyl (C=O) groups is 2. The zero-order valence-electron chi connectivity index (χ0n) is 17.0. The van der Waals surface area contributed by atoms with E-state index in [1.807, 2.05) is 42.2 Å². The van der Waals surface area contributed by atoms with E-state index in [-0.39, 0.29) is 17.8 Å². The standard InChI is InChI=1S/C25H24N2O3/c1-18-11-12-21(17-26-18)30-20-13-15-27(16-14-20)25(29)23-10-6-5-9-22(23)24(28)19-7-3-2-4-8-19/h2-12,17,20H,13-16H2,1H3. The fraction of sp³-hybridized carbons (Fsp3) is 0.240. The number of rotatable bonds is 5.